The number of piperazine rings is 1. The van der Waals surface area contributed by atoms with Gasteiger partial charge in [-0.15, -0.1) is 0 Å². The average molecular weight is 512 g/mol. The molecule has 2 aliphatic rings. The lowest BCUT2D eigenvalue weighted by Gasteiger charge is -2.34. The van der Waals surface area contributed by atoms with Crippen molar-refractivity contribution >= 4 is 28.8 Å². The monoisotopic (exact) mass is 511 g/mol. The Balaban J connectivity index is 1.58. The van der Waals surface area contributed by atoms with Gasteiger partial charge in [-0.3, -0.25) is 14.5 Å². The lowest BCUT2D eigenvalue weighted by Crippen LogP contribution is -2.44. The van der Waals surface area contributed by atoms with Crippen LogP contribution in [0.1, 0.15) is 29.7 Å². The Bertz CT molecular complexity index is 1370. The molecule has 1 atom stereocenters. The predicted molar refractivity (Wildman–Crippen MR) is 150 cm³/mol. The molecule has 1 unspecified atom stereocenters. The van der Waals surface area contributed by atoms with E-state index in [0.717, 1.165) is 43.0 Å². The smallest absolute Gasteiger partial charge is 0.300 e. The van der Waals surface area contributed by atoms with Gasteiger partial charge in [-0.1, -0.05) is 42.0 Å². The maximum atomic E-state index is 13.5. The van der Waals surface area contributed by atoms with Gasteiger partial charge >= 0.3 is 0 Å². The Kier molecular flexibility index (Phi) is 7.20. The molecule has 0 aliphatic carbocycles. The van der Waals surface area contributed by atoms with Crippen LogP contribution in [-0.2, 0) is 9.59 Å². The molecule has 38 heavy (non-hydrogen) atoms. The van der Waals surface area contributed by atoms with E-state index in [4.69, 9.17) is 4.74 Å². The minimum Gasteiger partial charge on any atom is -0.507 e. The van der Waals surface area contributed by atoms with Crippen LogP contribution >= 0.6 is 0 Å². The van der Waals surface area contributed by atoms with E-state index >= 15 is 0 Å². The lowest BCUT2D eigenvalue weighted by molar-refractivity contribution is -0.132. The molecule has 7 heteroatoms. The molecule has 0 aromatic heterocycles. The largest absolute Gasteiger partial charge is 0.507 e. The summed E-state index contributed by atoms with van der Waals surface area (Å²) in [6.07, 6.45) is 0. The predicted octanol–water partition coefficient (Wildman–Crippen LogP) is 4.77. The number of carbonyl (C=O) groups excluding carboxylic acids is 2. The highest BCUT2D eigenvalue weighted by Gasteiger charge is 2.47. The topological polar surface area (TPSA) is 73.3 Å². The number of ketones is 1. The van der Waals surface area contributed by atoms with Gasteiger partial charge in [0, 0.05) is 43.1 Å². The van der Waals surface area contributed by atoms with Crippen molar-refractivity contribution in [2.24, 2.45) is 0 Å². The van der Waals surface area contributed by atoms with Gasteiger partial charge in [0.25, 0.3) is 11.7 Å². The number of hydrogen-bond donors (Lipinski definition) is 1. The summed E-state index contributed by atoms with van der Waals surface area (Å²) >= 11 is 0. The van der Waals surface area contributed by atoms with Crippen molar-refractivity contribution in [3.63, 3.8) is 0 Å². The minimum absolute atomic E-state index is 0.0670. The molecule has 2 heterocycles. The first kappa shape index (κ1) is 25.5. The number of carbonyl (C=O) groups is 2. The van der Waals surface area contributed by atoms with E-state index in [-0.39, 0.29) is 11.3 Å². The third-order valence-corrected chi connectivity index (χ3v) is 7.22. The van der Waals surface area contributed by atoms with E-state index in [9.17, 15) is 14.7 Å². The Morgan fingerprint density at radius 2 is 1.61 bits per heavy atom. The number of nitrogens with zero attached hydrogens (tertiary/aromatic N) is 3. The highest BCUT2D eigenvalue weighted by Crippen LogP contribution is 2.43. The number of Topliss-reactive ketones (excluding diaryl/α,β-unsaturated/α-hetero) is 1. The summed E-state index contributed by atoms with van der Waals surface area (Å²) in [5, 5.41) is 11.4. The molecule has 3 aromatic rings. The molecule has 0 radical (unpaired) electrons. The molecule has 2 fully saturated rings. The fraction of sp³-hybridized carbons (Fsp3) is 0.290. The molecule has 2 aliphatic heterocycles. The van der Waals surface area contributed by atoms with Crippen molar-refractivity contribution in [3.8, 4) is 5.75 Å². The summed E-state index contributed by atoms with van der Waals surface area (Å²) in [6, 6.07) is 21.7. The van der Waals surface area contributed by atoms with E-state index in [1.54, 1.807) is 24.3 Å². The minimum atomic E-state index is -0.764. The zero-order valence-corrected chi connectivity index (χ0v) is 22.1. The van der Waals surface area contributed by atoms with E-state index < -0.39 is 17.7 Å². The summed E-state index contributed by atoms with van der Waals surface area (Å²) in [5.74, 6) is -1.00. The van der Waals surface area contributed by atoms with Crippen LogP contribution in [0, 0.1) is 6.92 Å². The number of amides is 1. The number of ether oxygens (including phenoxy) is 1. The number of aliphatic hydroxyl groups is 1. The molecule has 196 valence electrons. The normalized spacial score (nSPS) is 19.7. The van der Waals surface area contributed by atoms with Crippen molar-refractivity contribution in [3.05, 3.63) is 95.1 Å². The first-order chi connectivity index (χ1) is 18.4. The summed E-state index contributed by atoms with van der Waals surface area (Å²) < 4.78 is 5.59. The Labute approximate surface area is 223 Å². The van der Waals surface area contributed by atoms with Crippen LogP contribution in [-0.4, -0.2) is 61.5 Å². The number of likely N-dealkylation sites (N-methyl/N-ethyl adjacent to an activating group) is 1. The van der Waals surface area contributed by atoms with Crippen LogP contribution in [0.5, 0.6) is 5.75 Å². The van der Waals surface area contributed by atoms with Crippen molar-refractivity contribution in [2.75, 3.05) is 49.6 Å². The summed E-state index contributed by atoms with van der Waals surface area (Å²) in [7, 11) is 2.12. The van der Waals surface area contributed by atoms with Crippen molar-refractivity contribution in [2.45, 2.75) is 19.9 Å². The molecule has 0 spiro atoms. The molecule has 0 saturated carbocycles. The zero-order chi connectivity index (χ0) is 26.8. The van der Waals surface area contributed by atoms with E-state index in [0.29, 0.717) is 23.6 Å². The first-order valence-electron chi connectivity index (χ1n) is 13.0. The van der Waals surface area contributed by atoms with Gasteiger partial charge in [-0.25, -0.2) is 0 Å². The number of hydrogen-bond acceptors (Lipinski definition) is 6. The van der Waals surface area contributed by atoms with Gasteiger partial charge in [0.05, 0.1) is 18.2 Å². The second kappa shape index (κ2) is 10.7. The molecular formula is C31H33N3O4. The maximum absolute atomic E-state index is 13.5. The third-order valence-electron chi connectivity index (χ3n) is 7.22. The van der Waals surface area contributed by atoms with Crippen LogP contribution in [0.25, 0.3) is 5.76 Å². The van der Waals surface area contributed by atoms with Crippen LogP contribution in [0.4, 0.5) is 11.4 Å². The van der Waals surface area contributed by atoms with Gasteiger partial charge in [0.15, 0.2) is 0 Å². The number of benzene rings is 3. The van der Waals surface area contributed by atoms with Gasteiger partial charge in [-0.2, -0.15) is 0 Å². The number of aliphatic hydroxyl groups excluding tert-OH is 1. The van der Waals surface area contributed by atoms with Crippen LogP contribution in [0.15, 0.2) is 78.4 Å². The summed E-state index contributed by atoms with van der Waals surface area (Å²) in [5.41, 5.74) is 3.94. The molecule has 2 saturated heterocycles. The van der Waals surface area contributed by atoms with Crippen molar-refractivity contribution < 1.29 is 19.4 Å². The zero-order valence-electron chi connectivity index (χ0n) is 22.1. The fourth-order valence-corrected chi connectivity index (χ4v) is 5.20. The standard InChI is InChI=1S/C31H33N3O4/c1-4-38-26-10-6-9-23(20-26)29(35)27-28(22-8-5-7-21(2)19-22)34(31(37)30(27)36)25-13-11-24(12-14-25)33-17-15-32(3)16-18-33/h5-14,19-20,28,35H,4,15-18H2,1-3H3/b29-27+. The molecule has 5 rings (SSSR count). The third kappa shape index (κ3) is 4.89. The fourth-order valence-electron chi connectivity index (χ4n) is 5.20. The number of anilines is 2. The van der Waals surface area contributed by atoms with E-state index in [1.165, 1.54) is 4.90 Å². The Morgan fingerprint density at radius 3 is 2.29 bits per heavy atom. The Morgan fingerprint density at radius 1 is 0.921 bits per heavy atom. The average Bonchev–Trinajstić information content (AvgIpc) is 3.19. The van der Waals surface area contributed by atoms with Gasteiger partial charge < -0.3 is 19.6 Å². The molecule has 3 aromatic carbocycles. The van der Waals surface area contributed by atoms with Gasteiger partial charge in [0.2, 0.25) is 0 Å². The highest BCUT2D eigenvalue weighted by molar-refractivity contribution is 6.51. The van der Waals surface area contributed by atoms with Crippen molar-refractivity contribution in [1.29, 1.82) is 0 Å². The highest BCUT2D eigenvalue weighted by atomic mass is 16.5. The maximum Gasteiger partial charge on any atom is 0.300 e. The summed E-state index contributed by atoms with van der Waals surface area (Å²) in [4.78, 5) is 33.1. The van der Waals surface area contributed by atoms with Crippen LogP contribution in [0.2, 0.25) is 0 Å². The molecule has 7 nitrogen and oxygen atoms in total. The number of rotatable bonds is 6. The molecule has 1 N–H and O–H groups in total. The first-order valence-corrected chi connectivity index (χ1v) is 13.0. The van der Waals surface area contributed by atoms with Gasteiger partial charge in [-0.05, 0) is 62.9 Å². The lowest BCUT2D eigenvalue weighted by atomic mass is 9.94. The summed E-state index contributed by atoms with van der Waals surface area (Å²) in [6.45, 7) is 8.18. The molecular weight excluding hydrogens is 478 g/mol. The van der Waals surface area contributed by atoms with Crippen LogP contribution in [0.3, 0.4) is 0 Å². The second-order valence-corrected chi connectivity index (χ2v) is 9.85. The number of aryl methyl sites for hydroxylation is 1. The van der Waals surface area contributed by atoms with Crippen LogP contribution < -0.4 is 14.5 Å². The van der Waals surface area contributed by atoms with Crippen molar-refractivity contribution in [1.82, 2.24) is 4.90 Å². The molecule has 0 bridgehead atoms. The quantitative estimate of drug-likeness (QED) is 0.292. The molecule has 1 amide bonds. The SMILES string of the molecule is CCOc1cccc(/C(O)=C2\C(=O)C(=O)N(c3ccc(N4CCN(C)CC4)cc3)C2c2cccc(C)c2)c1. The van der Waals surface area contributed by atoms with E-state index in [1.807, 2.05) is 62.4 Å². The van der Waals surface area contributed by atoms with E-state index in [2.05, 4.69) is 16.8 Å². The van der Waals surface area contributed by atoms with Gasteiger partial charge in [0.1, 0.15) is 11.5 Å². The Hall–Kier alpha value is -4.10. The second-order valence-electron chi connectivity index (χ2n) is 9.85.